The van der Waals surface area contributed by atoms with E-state index in [0.717, 1.165) is 11.3 Å². The van der Waals surface area contributed by atoms with Crippen LogP contribution in [0, 0.1) is 0 Å². The highest BCUT2D eigenvalue weighted by Gasteiger charge is 2.12. The first-order chi connectivity index (χ1) is 12.1. The third kappa shape index (κ3) is 4.53. The van der Waals surface area contributed by atoms with E-state index in [4.69, 9.17) is 27.9 Å². The van der Waals surface area contributed by atoms with E-state index in [1.807, 2.05) is 42.5 Å². The van der Waals surface area contributed by atoms with Crippen LogP contribution in [0.2, 0.25) is 10.0 Å². The number of hydrogen-bond acceptors (Lipinski definition) is 3. The van der Waals surface area contributed by atoms with Crippen molar-refractivity contribution in [3.8, 4) is 5.75 Å². The molecule has 0 saturated carbocycles. The highest BCUT2D eigenvalue weighted by molar-refractivity contribution is 6.39. The Kier molecular flexibility index (Phi) is 5.59. The first kappa shape index (κ1) is 17.3. The second-order valence-corrected chi connectivity index (χ2v) is 6.16. The molecule has 3 aromatic rings. The van der Waals surface area contributed by atoms with Gasteiger partial charge >= 0.3 is 5.97 Å². The lowest BCUT2D eigenvalue weighted by molar-refractivity contribution is -0.133. The Morgan fingerprint density at radius 3 is 2.20 bits per heavy atom. The zero-order valence-corrected chi connectivity index (χ0v) is 14.7. The Balaban J connectivity index is 1.78. The van der Waals surface area contributed by atoms with Gasteiger partial charge in [0.15, 0.2) is 0 Å². The molecule has 3 rings (SSSR count). The monoisotopic (exact) mass is 371 g/mol. The number of carbonyl (C=O) groups excluding carboxylic acids is 1. The second-order valence-electron chi connectivity index (χ2n) is 5.34. The Hall–Kier alpha value is -2.49. The number of ether oxygens (including phenoxy) is 1. The molecule has 1 N–H and O–H groups in total. The summed E-state index contributed by atoms with van der Waals surface area (Å²) >= 11 is 12.4. The molecule has 0 saturated heterocycles. The molecule has 25 heavy (non-hydrogen) atoms. The van der Waals surface area contributed by atoms with E-state index in [-0.39, 0.29) is 12.4 Å². The lowest BCUT2D eigenvalue weighted by Crippen LogP contribution is -2.12. The topological polar surface area (TPSA) is 38.3 Å². The van der Waals surface area contributed by atoms with Crippen LogP contribution in [0.5, 0.6) is 5.75 Å². The van der Waals surface area contributed by atoms with Gasteiger partial charge in [0, 0.05) is 5.69 Å². The van der Waals surface area contributed by atoms with Crippen molar-refractivity contribution in [2.45, 2.75) is 6.42 Å². The van der Waals surface area contributed by atoms with Gasteiger partial charge in [-0.1, -0.05) is 65.7 Å². The molecule has 126 valence electrons. The van der Waals surface area contributed by atoms with E-state index in [9.17, 15) is 4.79 Å². The van der Waals surface area contributed by atoms with E-state index < -0.39 is 0 Å². The van der Waals surface area contributed by atoms with E-state index >= 15 is 0 Å². The van der Waals surface area contributed by atoms with Crippen molar-refractivity contribution in [1.82, 2.24) is 0 Å². The number of benzene rings is 3. The highest BCUT2D eigenvalue weighted by Crippen LogP contribution is 2.33. The zero-order valence-electron chi connectivity index (χ0n) is 13.2. The Labute approximate surface area is 156 Å². The van der Waals surface area contributed by atoms with E-state index in [1.165, 1.54) is 0 Å². The van der Waals surface area contributed by atoms with Crippen LogP contribution in [0.1, 0.15) is 5.56 Å². The third-order valence-corrected chi connectivity index (χ3v) is 4.18. The molecule has 3 aromatic carbocycles. The Morgan fingerprint density at radius 1 is 0.840 bits per heavy atom. The summed E-state index contributed by atoms with van der Waals surface area (Å²) in [4.78, 5) is 12.2. The van der Waals surface area contributed by atoms with Crippen LogP contribution in [0.4, 0.5) is 11.4 Å². The van der Waals surface area contributed by atoms with Crippen molar-refractivity contribution >= 4 is 40.5 Å². The van der Waals surface area contributed by atoms with Gasteiger partial charge in [-0.2, -0.15) is 0 Å². The third-order valence-electron chi connectivity index (χ3n) is 3.55. The molecule has 3 nitrogen and oxygen atoms in total. The first-order valence-electron chi connectivity index (χ1n) is 7.68. The number of para-hydroxylation sites is 3. The van der Waals surface area contributed by atoms with Gasteiger partial charge in [0.25, 0.3) is 0 Å². The summed E-state index contributed by atoms with van der Waals surface area (Å²) in [5, 5.41) is 4.22. The van der Waals surface area contributed by atoms with E-state index in [2.05, 4.69) is 5.32 Å². The molecular weight excluding hydrogens is 357 g/mol. The van der Waals surface area contributed by atoms with Gasteiger partial charge in [-0.3, -0.25) is 4.79 Å². The molecule has 0 amide bonds. The van der Waals surface area contributed by atoms with Crippen molar-refractivity contribution in [3.05, 3.63) is 88.4 Å². The number of rotatable bonds is 5. The number of esters is 1. The van der Waals surface area contributed by atoms with Gasteiger partial charge in [0.2, 0.25) is 0 Å². The van der Waals surface area contributed by atoms with Gasteiger partial charge in [-0.15, -0.1) is 0 Å². The van der Waals surface area contributed by atoms with Gasteiger partial charge in [0.1, 0.15) is 5.75 Å². The molecule has 0 unspecified atom stereocenters. The van der Waals surface area contributed by atoms with Crippen molar-refractivity contribution in [2.24, 2.45) is 0 Å². The predicted octanol–water partition coefficient (Wildman–Crippen LogP) is 5.89. The Morgan fingerprint density at radius 2 is 1.48 bits per heavy atom. The molecule has 0 aromatic heterocycles. The molecular formula is C20H15Cl2NO2. The molecule has 0 bridgehead atoms. The average Bonchev–Trinajstić information content (AvgIpc) is 2.60. The molecule has 0 aliphatic heterocycles. The molecule has 0 fully saturated rings. The number of halogens is 2. The fourth-order valence-electron chi connectivity index (χ4n) is 2.36. The number of hydrogen-bond donors (Lipinski definition) is 1. The van der Waals surface area contributed by atoms with Crippen LogP contribution in [0.3, 0.4) is 0 Å². The summed E-state index contributed by atoms with van der Waals surface area (Å²) in [6.45, 7) is 0. The van der Waals surface area contributed by atoms with Crippen molar-refractivity contribution in [3.63, 3.8) is 0 Å². The lowest BCUT2D eigenvalue weighted by Gasteiger charge is -2.14. The van der Waals surface area contributed by atoms with E-state index in [1.54, 1.807) is 30.3 Å². The number of nitrogens with one attached hydrogen (secondary N) is 1. The molecule has 0 aliphatic rings. The molecule has 5 heteroatoms. The number of carbonyl (C=O) groups is 1. The first-order valence-corrected chi connectivity index (χ1v) is 8.44. The summed E-state index contributed by atoms with van der Waals surface area (Å²) in [7, 11) is 0. The van der Waals surface area contributed by atoms with Crippen LogP contribution in [-0.4, -0.2) is 5.97 Å². The van der Waals surface area contributed by atoms with Crippen molar-refractivity contribution < 1.29 is 9.53 Å². The van der Waals surface area contributed by atoms with Gasteiger partial charge in [-0.05, 0) is 35.9 Å². The van der Waals surface area contributed by atoms with E-state index in [0.29, 0.717) is 21.5 Å². The van der Waals surface area contributed by atoms with Crippen LogP contribution in [0.15, 0.2) is 72.8 Å². The molecule has 0 radical (unpaired) electrons. The summed E-state index contributed by atoms with van der Waals surface area (Å²) in [6, 6.07) is 21.7. The normalized spacial score (nSPS) is 10.3. The minimum atomic E-state index is -0.342. The molecule has 0 aliphatic carbocycles. The van der Waals surface area contributed by atoms with Gasteiger partial charge < -0.3 is 10.1 Å². The largest absolute Gasteiger partial charge is 0.426 e. The maximum Gasteiger partial charge on any atom is 0.315 e. The minimum absolute atomic E-state index is 0.125. The fourth-order valence-corrected chi connectivity index (χ4v) is 2.85. The smallest absolute Gasteiger partial charge is 0.315 e. The van der Waals surface area contributed by atoms with Crippen LogP contribution >= 0.6 is 23.2 Å². The standard InChI is InChI=1S/C20H15Cl2NO2/c21-16-10-6-11-17(22)20(16)23-18-12-5-4-7-14(18)13-19(24)25-15-8-2-1-3-9-15/h1-12,23H,13H2. The van der Waals surface area contributed by atoms with Crippen LogP contribution < -0.4 is 10.1 Å². The predicted molar refractivity (Wildman–Crippen MR) is 102 cm³/mol. The molecule has 0 heterocycles. The summed E-state index contributed by atoms with van der Waals surface area (Å²) in [5.41, 5.74) is 2.15. The summed E-state index contributed by atoms with van der Waals surface area (Å²) in [6.07, 6.45) is 0.125. The fraction of sp³-hybridized carbons (Fsp3) is 0.0500. The minimum Gasteiger partial charge on any atom is -0.426 e. The summed E-state index contributed by atoms with van der Waals surface area (Å²) in [5.74, 6) is 0.179. The summed E-state index contributed by atoms with van der Waals surface area (Å²) < 4.78 is 5.35. The molecule has 0 spiro atoms. The maximum absolute atomic E-state index is 12.2. The van der Waals surface area contributed by atoms with Gasteiger partial charge in [-0.25, -0.2) is 0 Å². The second kappa shape index (κ2) is 8.06. The van der Waals surface area contributed by atoms with Gasteiger partial charge in [0.05, 0.1) is 22.2 Å². The SMILES string of the molecule is O=C(Cc1ccccc1Nc1c(Cl)cccc1Cl)Oc1ccccc1. The molecule has 0 atom stereocenters. The van der Waals surface area contributed by atoms with Crippen LogP contribution in [-0.2, 0) is 11.2 Å². The Bertz CT molecular complexity index is 862. The van der Waals surface area contributed by atoms with Crippen molar-refractivity contribution in [2.75, 3.05) is 5.32 Å². The van der Waals surface area contributed by atoms with Crippen molar-refractivity contribution in [1.29, 1.82) is 0 Å². The highest BCUT2D eigenvalue weighted by atomic mass is 35.5. The number of anilines is 2. The lowest BCUT2D eigenvalue weighted by atomic mass is 10.1. The van der Waals surface area contributed by atoms with Crippen LogP contribution in [0.25, 0.3) is 0 Å². The maximum atomic E-state index is 12.2. The zero-order chi connectivity index (χ0) is 17.6. The average molecular weight is 372 g/mol. The quantitative estimate of drug-likeness (QED) is 0.449.